The topological polar surface area (TPSA) is 6.48 Å². The fraction of sp³-hybridized carbons (Fsp3) is 1.00. The molecule has 1 atom stereocenters. The normalized spacial score (nSPS) is 14.8. The first kappa shape index (κ1) is 11.8. The fourth-order valence-electron chi connectivity index (χ4n) is 1.08. The first-order chi connectivity index (χ1) is 5.43. The van der Waals surface area contributed by atoms with E-state index in [1.807, 2.05) is 38.0 Å². The summed E-state index contributed by atoms with van der Waals surface area (Å²) in [6.45, 7) is 0.678. The van der Waals surface area contributed by atoms with E-state index in [0.29, 0.717) is 6.54 Å². The second-order valence-corrected chi connectivity index (χ2v) is 3.51. The van der Waals surface area contributed by atoms with Crippen LogP contribution in [0.1, 0.15) is 6.42 Å². The van der Waals surface area contributed by atoms with Crippen LogP contribution < -0.4 is 0 Å². The zero-order valence-corrected chi connectivity index (χ0v) is 8.22. The summed E-state index contributed by atoms with van der Waals surface area (Å²) in [4.78, 5) is 3.76. The van der Waals surface area contributed by atoms with Gasteiger partial charge in [-0.25, -0.2) is 8.78 Å². The van der Waals surface area contributed by atoms with Crippen molar-refractivity contribution in [2.45, 2.75) is 18.9 Å². The maximum Gasteiger partial charge on any atom is 0.240 e. The van der Waals surface area contributed by atoms with Crippen molar-refractivity contribution >= 4 is 0 Å². The second-order valence-electron chi connectivity index (χ2n) is 3.51. The van der Waals surface area contributed by atoms with Crippen LogP contribution in [-0.4, -0.2) is 57.0 Å². The van der Waals surface area contributed by atoms with Crippen molar-refractivity contribution in [1.29, 1.82) is 0 Å². The SMILES string of the molecule is CN(C)CC(CC(F)F)N(C)C. The molecule has 0 rings (SSSR count). The number of alkyl halides is 2. The molecule has 0 N–H and O–H groups in total. The van der Waals surface area contributed by atoms with E-state index in [0.717, 1.165) is 0 Å². The molecule has 0 radical (unpaired) electrons. The molecule has 74 valence electrons. The molecule has 0 heterocycles. The van der Waals surface area contributed by atoms with E-state index >= 15 is 0 Å². The van der Waals surface area contributed by atoms with Crippen LogP contribution in [0.25, 0.3) is 0 Å². The Labute approximate surface area is 73.1 Å². The highest BCUT2D eigenvalue weighted by Crippen LogP contribution is 2.08. The van der Waals surface area contributed by atoms with Gasteiger partial charge in [-0.3, -0.25) is 0 Å². The van der Waals surface area contributed by atoms with Crippen LogP contribution in [0.3, 0.4) is 0 Å². The molecule has 0 saturated heterocycles. The third-order valence-corrected chi connectivity index (χ3v) is 1.76. The molecule has 0 aliphatic rings. The van der Waals surface area contributed by atoms with Gasteiger partial charge in [0.25, 0.3) is 0 Å². The van der Waals surface area contributed by atoms with Crippen LogP contribution in [0.2, 0.25) is 0 Å². The summed E-state index contributed by atoms with van der Waals surface area (Å²) in [7, 11) is 7.44. The first-order valence-electron chi connectivity index (χ1n) is 4.02. The van der Waals surface area contributed by atoms with E-state index < -0.39 is 6.43 Å². The van der Waals surface area contributed by atoms with Gasteiger partial charge in [-0.15, -0.1) is 0 Å². The molecule has 0 spiro atoms. The molecule has 0 fully saturated rings. The van der Waals surface area contributed by atoms with E-state index in [1.54, 1.807) is 0 Å². The number of hydrogen-bond donors (Lipinski definition) is 0. The monoisotopic (exact) mass is 180 g/mol. The Morgan fingerprint density at radius 3 is 1.83 bits per heavy atom. The Kier molecular flexibility index (Phi) is 5.33. The van der Waals surface area contributed by atoms with Crippen molar-refractivity contribution in [2.75, 3.05) is 34.7 Å². The molecular weight excluding hydrogens is 162 g/mol. The third kappa shape index (κ3) is 5.43. The first-order valence-corrected chi connectivity index (χ1v) is 4.02. The highest BCUT2D eigenvalue weighted by Gasteiger charge is 2.17. The fourth-order valence-corrected chi connectivity index (χ4v) is 1.08. The number of hydrogen-bond acceptors (Lipinski definition) is 2. The second kappa shape index (κ2) is 5.43. The zero-order valence-electron chi connectivity index (χ0n) is 8.22. The number of nitrogens with zero attached hydrogens (tertiary/aromatic N) is 2. The predicted molar refractivity (Wildman–Crippen MR) is 46.7 cm³/mol. The van der Waals surface area contributed by atoms with Crippen molar-refractivity contribution in [3.05, 3.63) is 0 Å². The molecule has 1 unspecified atom stereocenters. The molecule has 0 aromatic carbocycles. The summed E-state index contributed by atoms with van der Waals surface area (Å²) in [6, 6.07) is -0.0556. The van der Waals surface area contributed by atoms with E-state index in [1.165, 1.54) is 0 Å². The van der Waals surface area contributed by atoms with Gasteiger partial charge in [-0.05, 0) is 28.2 Å². The Morgan fingerprint density at radius 2 is 1.58 bits per heavy atom. The molecule has 0 aromatic rings. The Hall–Kier alpha value is -0.220. The number of rotatable bonds is 5. The van der Waals surface area contributed by atoms with Crippen LogP contribution >= 0.6 is 0 Å². The molecule has 0 saturated carbocycles. The van der Waals surface area contributed by atoms with Crippen LogP contribution in [0.4, 0.5) is 8.78 Å². The van der Waals surface area contributed by atoms with Crippen LogP contribution in [0, 0.1) is 0 Å². The highest BCUT2D eigenvalue weighted by atomic mass is 19.3. The Morgan fingerprint density at radius 1 is 1.08 bits per heavy atom. The van der Waals surface area contributed by atoms with Gasteiger partial charge < -0.3 is 9.80 Å². The number of halogens is 2. The van der Waals surface area contributed by atoms with Gasteiger partial charge in [0.1, 0.15) is 0 Å². The van der Waals surface area contributed by atoms with Gasteiger partial charge in [-0.1, -0.05) is 0 Å². The molecule has 0 aliphatic heterocycles. The molecule has 0 aromatic heterocycles. The summed E-state index contributed by atoms with van der Waals surface area (Å²) in [5.74, 6) is 0. The summed E-state index contributed by atoms with van der Waals surface area (Å²) < 4.78 is 24.1. The van der Waals surface area contributed by atoms with Gasteiger partial charge >= 0.3 is 0 Å². The van der Waals surface area contributed by atoms with E-state index in [4.69, 9.17) is 0 Å². The maximum absolute atomic E-state index is 12.1. The van der Waals surface area contributed by atoms with Gasteiger partial charge in [0, 0.05) is 19.0 Å². The predicted octanol–water partition coefficient (Wildman–Crippen LogP) is 1.13. The van der Waals surface area contributed by atoms with Crippen molar-refractivity contribution < 1.29 is 8.78 Å². The minimum absolute atomic E-state index is 0.0504. The van der Waals surface area contributed by atoms with Crippen molar-refractivity contribution in [3.8, 4) is 0 Å². The molecular formula is C8H18F2N2. The average Bonchev–Trinajstić information content (AvgIpc) is 1.83. The van der Waals surface area contributed by atoms with Crippen LogP contribution in [0.5, 0.6) is 0 Å². The summed E-state index contributed by atoms with van der Waals surface area (Å²) in [5.41, 5.74) is 0. The lowest BCUT2D eigenvalue weighted by Crippen LogP contribution is -2.38. The molecule has 0 bridgehead atoms. The van der Waals surface area contributed by atoms with Crippen LogP contribution in [-0.2, 0) is 0 Å². The molecule has 2 nitrogen and oxygen atoms in total. The van der Waals surface area contributed by atoms with E-state index in [9.17, 15) is 8.78 Å². The molecule has 12 heavy (non-hydrogen) atoms. The lowest BCUT2D eigenvalue weighted by atomic mass is 10.2. The lowest BCUT2D eigenvalue weighted by Gasteiger charge is -2.26. The minimum Gasteiger partial charge on any atom is -0.308 e. The van der Waals surface area contributed by atoms with Crippen molar-refractivity contribution in [3.63, 3.8) is 0 Å². The minimum atomic E-state index is -2.21. The smallest absolute Gasteiger partial charge is 0.240 e. The standard InChI is InChI=1S/C8H18F2N2/c1-11(2)6-7(12(3)4)5-8(9)10/h7-8H,5-6H2,1-4H3. The van der Waals surface area contributed by atoms with Crippen molar-refractivity contribution in [2.24, 2.45) is 0 Å². The molecule has 0 amide bonds. The molecule has 4 heteroatoms. The van der Waals surface area contributed by atoms with Gasteiger partial charge in [0.05, 0.1) is 0 Å². The number of likely N-dealkylation sites (N-methyl/N-ethyl adjacent to an activating group) is 2. The Bertz CT molecular complexity index is 106. The summed E-state index contributed by atoms with van der Waals surface area (Å²) >= 11 is 0. The van der Waals surface area contributed by atoms with E-state index in [-0.39, 0.29) is 12.5 Å². The average molecular weight is 180 g/mol. The van der Waals surface area contributed by atoms with Gasteiger partial charge in [0.15, 0.2) is 0 Å². The third-order valence-electron chi connectivity index (χ3n) is 1.76. The summed E-state index contributed by atoms with van der Waals surface area (Å²) in [5, 5.41) is 0. The molecule has 0 aliphatic carbocycles. The lowest BCUT2D eigenvalue weighted by molar-refractivity contribution is 0.0884. The Balaban J connectivity index is 3.87. The van der Waals surface area contributed by atoms with E-state index in [2.05, 4.69) is 0 Å². The van der Waals surface area contributed by atoms with Gasteiger partial charge in [0.2, 0.25) is 6.43 Å². The van der Waals surface area contributed by atoms with Gasteiger partial charge in [-0.2, -0.15) is 0 Å². The highest BCUT2D eigenvalue weighted by molar-refractivity contribution is 4.69. The quantitative estimate of drug-likeness (QED) is 0.626. The zero-order chi connectivity index (χ0) is 9.72. The summed E-state index contributed by atoms with van der Waals surface area (Å²) in [6.07, 6.45) is -2.26. The largest absolute Gasteiger partial charge is 0.308 e. The van der Waals surface area contributed by atoms with Crippen molar-refractivity contribution in [1.82, 2.24) is 9.80 Å². The maximum atomic E-state index is 12.1. The van der Waals surface area contributed by atoms with Crippen LogP contribution in [0.15, 0.2) is 0 Å².